The number of carbonyl (C=O) groups is 5. The number of amides is 4. The summed E-state index contributed by atoms with van der Waals surface area (Å²) in [5, 5.41) is 5.49. The highest BCUT2D eigenvalue weighted by molar-refractivity contribution is 6.09. The molecule has 1 atom stereocenters. The van der Waals surface area contributed by atoms with Gasteiger partial charge in [0.25, 0.3) is 5.91 Å². The summed E-state index contributed by atoms with van der Waals surface area (Å²) >= 11 is 0. The van der Waals surface area contributed by atoms with E-state index in [1.165, 1.54) is 19.1 Å². The van der Waals surface area contributed by atoms with Gasteiger partial charge in [-0.25, -0.2) is 4.79 Å². The number of hydrogen-bond donors (Lipinski definition) is 2. The van der Waals surface area contributed by atoms with Crippen molar-refractivity contribution in [2.24, 2.45) is 11.8 Å². The number of benzene rings is 1. The number of esters is 1. The maximum atomic E-state index is 12.9. The Morgan fingerprint density at radius 1 is 1.12 bits per heavy atom. The molecule has 0 aromatic heterocycles. The van der Waals surface area contributed by atoms with E-state index in [-0.39, 0.29) is 11.8 Å². The number of ether oxygens (including phenoxy) is 1. The molecule has 9 heteroatoms. The zero-order valence-electron chi connectivity index (χ0n) is 19.5. The summed E-state index contributed by atoms with van der Waals surface area (Å²) in [4.78, 5) is 62.9. The van der Waals surface area contributed by atoms with Crippen LogP contribution in [-0.4, -0.2) is 52.7 Å². The van der Waals surface area contributed by atoms with E-state index in [2.05, 4.69) is 17.6 Å². The van der Waals surface area contributed by atoms with E-state index in [4.69, 9.17) is 4.74 Å². The summed E-state index contributed by atoms with van der Waals surface area (Å²) in [6.07, 6.45) is 1.66. The number of anilines is 1. The lowest BCUT2D eigenvalue weighted by Gasteiger charge is -2.33. The molecule has 1 aliphatic heterocycles. The summed E-state index contributed by atoms with van der Waals surface area (Å²) in [5.74, 6) is -1.49. The summed E-state index contributed by atoms with van der Waals surface area (Å²) in [6, 6.07) is 5.66. The Hall–Kier alpha value is -3.23. The lowest BCUT2D eigenvalue weighted by atomic mass is 9.77. The third-order valence-electron chi connectivity index (χ3n) is 6.30. The van der Waals surface area contributed by atoms with E-state index in [0.29, 0.717) is 30.0 Å². The Balaban J connectivity index is 1.56. The Kier molecular flexibility index (Phi) is 7.19. The highest BCUT2D eigenvalue weighted by atomic mass is 16.5. The third-order valence-corrected chi connectivity index (χ3v) is 6.30. The highest BCUT2D eigenvalue weighted by Gasteiger charge is 2.52. The van der Waals surface area contributed by atoms with Crippen molar-refractivity contribution >= 4 is 35.3 Å². The fraction of sp³-hybridized carbons (Fsp3) is 0.542. The predicted molar refractivity (Wildman–Crippen MR) is 120 cm³/mol. The van der Waals surface area contributed by atoms with Crippen LogP contribution >= 0.6 is 0 Å². The minimum Gasteiger partial charge on any atom is -0.453 e. The molecule has 2 fully saturated rings. The Morgan fingerprint density at radius 2 is 1.73 bits per heavy atom. The van der Waals surface area contributed by atoms with Gasteiger partial charge in [0.2, 0.25) is 11.7 Å². The molecule has 1 unspecified atom stereocenters. The maximum Gasteiger partial charge on any atom is 0.326 e. The summed E-state index contributed by atoms with van der Waals surface area (Å²) < 4.78 is 5.21. The Bertz CT molecular complexity index is 947. The van der Waals surface area contributed by atoms with Gasteiger partial charge in [-0.3, -0.25) is 24.1 Å². The van der Waals surface area contributed by atoms with Gasteiger partial charge in [0, 0.05) is 17.2 Å². The standard InChI is InChI=1S/C24H31N3O6/c1-14(2)21(30)25-18-7-5-17(6-8-18)20(29)16(4)33-19(28)13-27-22(31)24(26-23(27)32)11-9-15(3)10-12-24/h5-8,14-16H,9-13H2,1-4H3,(H,25,30)(H,26,32). The molecule has 33 heavy (non-hydrogen) atoms. The van der Waals surface area contributed by atoms with E-state index in [0.717, 1.165) is 17.7 Å². The number of carbonyl (C=O) groups excluding carboxylic acids is 5. The van der Waals surface area contributed by atoms with Crippen LogP contribution in [0.3, 0.4) is 0 Å². The van der Waals surface area contributed by atoms with Crippen molar-refractivity contribution in [1.82, 2.24) is 10.2 Å². The molecule has 2 aliphatic rings. The van der Waals surface area contributed by atoms with Crippen LogP contribution in [0.4, 0.5) is 10.5 Å². The lowest BCUT2D eigenvalue weighted by Crippen LogP contribution is -2.49. The lowest BCUT2D eigenvalue weighted by molar-refractivity contribution is -0.150. The number of ketones is 1. The van der Waals surface area contributed by atoms with Gasteiger partial charge < -0.3 is 15.4 Å². The fourth-order valence-corrected chi connectivity index (χ4v) is 4.07. The van der Waals surface area contributed by atoms with Gasteiger partial charge in [-0.15, -0.1) is 0 Å². The molecule has 1 aliphatic carbocycles. The van der Waals surface area contributed by atoms with Crippen LogP contribution in [0.25, 0.3) is 0 Å². The fourth-order valence-electron chi connectivity index (χ4n) is 4.07. The van der Waals surface area contributed by atoms with Gasteiger partial charge in [0.1, 0.15) is 12.1 Å². The first-order chi connectivity index (χ1) is 15.5. The second kappa shape index (κ2) is 9.72. The molecule has 1 saturated carbocycles. The monoisotopic (exact) mass is 457 g/mol. The number of nitrogens with one attached hydrogen (secondary N) is 2. The molecule has 2 N–H and O–H groups in total. The van der Waals surface area contributed by atoms with Crippen molar-refractivity contribution < 1.29 is 28.7 Å². The molecule has 0 bridgehead atoms. The average molecular weight is 458 g/mol. The number of Topliss-reactive ketones (excluding diaryl/α,β-unsaturated/α-hetero) is 1. The number of imide groups is 1. The quantitative estimate of drug-likeness (QED) is 0.369. The largest absolute Gasteiger partial charge is 0.453 e. The molecular weight excluding hydrogens is 426 g/mol. The van der Waals surface area contributed by atoms with Crippen LogP contribution in [0.5, 0.6) is 0 Å². The Labute approximate surface area is 193 Å². The Morgan fingerprint density at radius 3 is 2.30 bits per heavy atom. The van der Waals surface area contributed by atoms with Crippen molar-refractivity contribution in [3.63, 3.8) is 0 Å². The second-order valence-electron chi connectivity index (χ2n) is 9.30. The van der Waals surface area contributed by atoms with Crippen molar-refractivity contribution in [3.8, 4) is 0 Å². The number of urea groups is 1. The van der Waals surface area contributed by atoms with Crippen molar-refractivity contribution in [3.05, 3.63) is 29.8 Å². The molecule has 1 spiro atoms. The third kappa shape index (κ3) is 5.40. The number of rotatable bonds is 7. The van der Waals surface area contributed by atoms with Crippen molar-refractivity contribution in [2.45, 2.75) is 65.0 Å². The normalized spacial score (nSPS) is 23.4. The molecule has 178 valence electrons. The van der Waals surface area contributed by atoms with Crippen LogP contribution in [-0.2, 0) is 19.1 Å². The summed E-state index contributed by atoms with van der Waals surface area (Å²) in [6.45, 7) is 6.55. The van der Waals surface area contributed by atoms with E-state index in [9.17, 15) is 24.0 Å². The van der Waals surface area contributed by atoms with Crippen molar-refractivity contribution in [2.75, 3.05) is 11.9 Å². The van der Waals surface area contributed by atoms with Crippen molar-refractivity contribution in [1.29, 1.82) is 0 Å². The average Bonchev–Trinajstić information content (AvgIpc) is 2.99. The van der Waals surface area contributed by atoms with Gasteiger partial charge >= 0.3 is 12.0 Å². The van der Waals surface area contributed by atoms with Crippen LogP contribution in [0, 0.1) is 11.8 Å². The molecular formula is C24H31N3O6. The second-order valence-corrected chi connectivity index (χ2v) is 9.30. The van der Waals surface area contributed by atoms with Crippen LogP contribution in [0.1, 0.15) is 63.7 Å². The summed E-state index contributed by atoms with van der Waals surface area (Å²) in [5.41, 5.74) is -0.0690. The zero-order chi connectivity index (χ0) is 24.3. The molecule has 9 nitrogen and oxygen atoms in total. The smallest absolute Gasteiger partial charge is 0.326 e. The molecule has 1 aromatic rings. The van der Waals surface area contributed by atoms with Crippen LogP contribution in [0.2, 0.25) is 0 Å². The highest BCUT2D eigenvalue weighted by Crippen LogP contribution is 2.36. The topological polar surface area (TPSA) is 122 Å². The molecule has 4 amide bonds. The SMILES string of the molecule is CC1CCC2(CC1)NC(=O)N(CC(=O)OC(C)C(=O)c1ccc(NC(=O)C(C)C)cc1)C2=O. The predicted octanol–water partition coefficient (Wildman–Crippen LogP) is 2.90. The zero-order valence-corrected chi connectivity index (χ0v) is 19.5. The molecule has 1 heterocycles. The van der Waals surface area contributed by atoms with Crippen LogP contribution < -0.4 is 10.6 Å². The van der Waals surface area contributed by atoms with E-state index in [1.807, 2.05) is 0 Å². The van der Waals surface area contributed by atoms with Gasteiger partial charge in [-0.2, -0.15) is 0 Å². The minimum absolute atomic E-state index is 0.138. The maximum absolute atomic E-state index is 12.9. The van der Waals surface area contributed by atoms with Crippen LogP contribution in [0.15, 0.2) is 24.3 Å². The number of hydrogen-bond acceptors (Lipinski definition) is 6. The minimum atomic E-state index is -1.10. The molecule has 1 saturated heterocycles. The van der Waals surface area contributed by atoms with Gasteiger partial charge in [0.05, 0.1) is 0 Å². The van der Waals surface area contributed by atoms with E-state index in [1.54, 1.807) is 26.0 Å². The molecule has 1 aromatic carbocycles. The first-order valence-corrected chi connectivity index (χ1v) is 11.3. The van der Waals surface area contributed by atoms with E-state index >= 15 is 0 Å². The van der Waals surface area contributed by atoms with Gasteiger partial charge in [-0.05, 0) is 62.8 Å². The number of nitrogens with zero attached hydrogens (tertiary/aromatic N) is 1. The van der Waals surface area contributed by atoms with E-state index < -0.39 is 41.9 Å². The first-order valence-electron chi connectivity index (χ1n) is 11.3. The van der Waals surface area contributed by atoms with Gasteiger partial charge in [0.15, 0.2) is 6.10 Å². The van der Waals surface area contributed by atoms with Gasteiger partial charge in [-0.1, -0.05) is 20.8 Å². The summed E-state index contributed by atoms with van der Waals surface area (Å²) in [7, 11) is 0. The first kappa shape index (κ1) is 24.4. The molecule has 3 rings (SSSR count). The molecule has 0 radical (unpaired) electrons.